The van der Waals surface area contributed by atoms with Gasteiger partial charge in [0, 0.05) is 37.6 Å². The molecule has 5 nitrogen and oxygen atoms in total. The number of likely N-dealkylation sites (tertiary alicyclic amines) is 2. The molecule has 3 heterocycles. The minimum absolute atomic E-state index is 0.0104. The minimum atomic E-state index is -0.0104. The van der Waals surface area contributed by atoms with Crippen molar-refractivity contribution in [2.45, 2.75) is 45.3 Å². The summed E-state index contributed by atoms with van der Waals surface area (Å²) in [5.41, 5.74) is 4.48. The van der Waals surface area contributed by atoms with Gasteiger partial charge < -0.3 is 5.32 Å². The molecule has 40 heavy (non-hydrogen) atoms. The topological polar surface area (TPSA) is 48.5 Å². The van der Waals surface area contributed by atoms with Gasteiger partial charge in [0.15, 0.2) is 0 Å². The second-order valence-corrected chi connectivity index (χ2v) is 11.6. The third-order valence-electron chi connectivity index (χ3n) is 9.00. The van der Waals surface area contributed by atoms with Crippen molar-refractivity contribution in [3.05, 3.63) is 114 Å². The molecule has 2 saturated heterocycles. The molecule has 2 fully saturated rings. The van der Waals surface area contributed by atoms with Crippen molar-refractivity contribution >= 4 is 16.7 Å². The Balaban J connectivity index is 0.963. The van der Waals surface area contributed by atoms with E-state index in [2.05, 4.69) is 74.7 Å². The van der Waals surface area contributed by atoms with Gasteiger partial charge in [-0.1, -0.05) is 54.6 Å². The van der Waals surface area contributed by atoms with Crippen LogP contribution in [-0.4, -0.2) is 46.9 Å². The highest BCUT2D eigenvalue weighted by atomic mass is 16.1. The molecule has 0 bridgehead atoms. The van der Waals surface area contributed by atoms with E-state index in [0.717, 1.165) is 49.1 Å². The number of benzene rings is 3. The second-order valence-electron chi connectivity index (χ2n) is 11.6. The maximum Gasteiger partial charge on any atom is 0.251 e. The van der Waals surface area contributed by atoms with Gasteiger partial charge in [-0.15, -0.1) is 0 Å². The van der Waals surface area contributed by atoms with Crippen LogP contribution in [0.2, 0.25) is 0 Å². The van der Waals surface area contributed by atoms with E-state index >= 15 is 0 Å². The zero-order valence-corrected chi connectivity index (χ0v) is 23.3. The zero-order chi connectivity index (χ0) is 27.1. The number of hydrogen-bond acceptors (Lipinski definition) is 4. The molecule has 6 rings (SSSR count). The molecule has 1 N–H and O–H groups in total. The Morgan fingerprint density at radius 2 is 1.35 bits per heavy atom. The van der Waals surface area contributed by atoms with E-state index in [1.54, 1.807) is 0 Å². The first kappa shape index (κ1) is 26.7. The molecule has 0 unspecified atom stereocenters. The van der Waals surface area contributed by atoms with Crippen molar-refractivity contribution in [1.29, 1.82) is 0 Å². The van der Waals surface area contributed by atoms with Crippen molar-refractivity contribution in [3.63, 3.8) is 0 Å². The molecule has 3 aromatic carbocycles. The maximum absolute atomic E-state index is 13.0. The van der Waals surface area contributed by atoms with E-state index in [-0.39, 0.29) is 5.91 Å². The zero-order valence-electron chi connectivity index (χ0n) is 23.3. The summed E-state index contributed by atoms with van der Waals surface area (Å²) in [7, 11) is 0. The fourth-order valence-corrected chi connectivity index (χ4v) is 6.70. The minimum Gasteiger partial charge on any atom is -0.348 e. The molecule has 1 amide bonds. The summed E-state index contributed by atoms with van der Waals surface area (Å²) < 4.78 is 0. The molecule has 5 heteroatoms. The highest BCUT2D eigenvalue weighted by Gasteiger charge is 2.29. The normalized spacial score (nSPS) is 17.7. The first-order chi connectivity index (χ1) is 19.7. The molecule has 4 aromatic rings. The molecule has 2 aliphatic heterocycles. The lowest BCUT2D eigenvalue weighted by molar-refractivity contribution is 0.0908. The lowest BCUT2D eigenvalue weighted by Crippen LogP contribution is -2.40. The monoisotopic (exact) mass is 532 g/mol. The maximum atomic E-state index is 13.0. The SMILES string of the molecule is O=C(NCc1cccc2ccccc12)c1cccc(CN2CCC(C3CCN(Cc4ccncc4)CC3)CC2)c1. The van der Waals surface area contributed by atoms with Crippen LogP contribution < -0.4 is 5.32 Å². The van der Waals surface area contributed by atoms with Crippen LogP contribution in [0.25, 0.3) is 10.8 Å². The molecule has 2 aliphatic rings. The van der Waals surface area contributed by atoms with Crippen LogP contribution in [0.5, 0.6) is 0 Å². The van der Waals surface area contributed by atoms with Crippen molar-refractivity contribution in [2.24, 2.45) is 11.8 Å². The lowest BCUT2D eigenvalue weighted by atomic mass is 9.78. The quantitative estimate of drug-likeness (QED) is 0.290. The Morgan fingerprint density at radius 3 is 2.08 bits per heavy atom. The molecule has 0 spiro atoms. The molecule has 0 radical (unpaired) electrons. The number of hydrogen-bond donors (Lipinski definition) is 1. The number of aromatic nitrogens is 1. The van der Waals surface area contributed by atoms with Crippen LogP contribution in [-0.2, 0) is 19.6 Å². The standard InChI is InChI=1S/C35H40N4O/c40-35(37-24-33-9-4-7-31-6-1-2-10-34(31)33)32-8-3-5-28(23-32)26-39-21-15-30(16-22-39)29-13-19-38(20-14-29)25-27-11-17-36-18-12-27/h1-12,17-18,23,29-30H,13-16,19-22,24-26H2,(H,37,40). The van der Waals surface area contributed by atoms with Gasteiger partial charge in [-0.25, -0.2) is 0 Å². The van der Waals surface area contributed by atoms with Crippen LogP contribution in [0.4, 0.5) is 0 Å². The highest BCUT2D eigenvalue weighted by molar-refractivity contribution is 5.94. The van der Waals surface area contributed by atoms with E-state index in [4.69, 9.17) is 0 Å². The first-order valence-corrected chi connectivity index (χ1v) is 14.9. The van der Waals surface area contributed by atoms with E-state index in [0.29, 0.717) is 6.54 Å². The van der Waals surface area contributed by atoms with Crippen molar-refractivity contribution in [2.75, 3.05) is 26.2 Å². The van der Waals surface area contributed by atoms with Gasteiger partial charge in [0.05, 0.1) is 0 Å². The Hall–Kier alpha value is -3.54. The third-order valence-corrected chi connectivity index (χ3v) is 9.00. The molecule has 0 aliphatic carbocycles. The predicted octanol–water partition coefficient (Wildman–Crippen LogP) is 6.29. The molecular weight excluding hydrogens is 492 g/mol. The van der Waals surface area contributed by atoms with Gasteiger partial charge in [0.2, 0.25) is 0 Å². The second kappa shape index (κ2) is 12.8. The number of rotatable bonds is 8. The van der Waals surface area contributed by atoms with Gasteiger partial charge in [-0.2, -0.15) is 0 Å². The lowest BCUT2D eigenvalue weighted by Gasteiger charge is -2.40. The highest BCUT2D eigenvalue weighted by Crippen LogP contribution is 2.33. The number of fused-ring (bicyclic) bond motifs is 1. The fourth-order valence-electron chi connectivity index (χ4n) is 6.70. The van der Waals surface area contributed by atoms with Crippen LogP contribution in [0.3, 0.4) is 0 Å². The third kappa shape index (κ3) is 6.60. The summed E-state index contributed by atoms with van der Waals surface area (Å²) in [6.45, 7) is 7.22. The number of pyridine rings is 1. The average molecular weight is 533 g/mol. The predicted molar refractivity (Wildman–Crippen MR) is 162 cm³/mol. The van der Waals surface area contributed by atoms with E-state index in [9.17, 15) is 4.79 Å². The van der Waals surface area contributed by atoms with Crippen LogP contribution >= 0.6 is 0 Å². The average Bonchev–Trinajstić information content (AvgIpc) is 3.01. The van der Waals surface area contributed by atoms with E-state index in [1.807, 2.05) is 36.7 Å². The van der Waals surface area contributed by atoms with Gasteiger partial charge in [-0.05, 0) is 115 Å². The summed E-state index contributed by atoms with van der Waals surface area (Å²) in [4.78, 5) is 22.3. The van der Waals surface area contributed by atoms with Crippen molar-refractivity contribution in [3.8, 4) is 0 Å². The largest absolute Gasteiger partial charge is 0.348 e. The van der Waals surface area contributed by atoms with Crippen LogP contribution in [0.1, 0.15) is 52.7 Å². The van der Waals surface area contributed by atoms with Gasteiger partial charge >= 0.3 is 0 Å². The fraction of sp³-hybridized carbons (Fsp3) is 0.371. The Labute approximate surface area is 238 Å². The molecular formula is C35H40N4O. The van der Waals surface area contributed by atoms with Gasteiger partial charge in [0.1, 0.15) is 0 Å². The van der Waals surface area contributed by atoms with Crippen LogP contribution in [0, 0.1) is 11.8 Å². The van der Waals surface area contributed by atoms with Crippen LogP contribution in [0.15, 0.2) is 91.3 Å². The molecule has 1 aromatic heterocycles. The van der Waals surface area contributed by atoms with Crippen molar-refractivity contribution in [1.82, 2.24) is 20.1 Å². The summed E-state index contributed by atoms with van der Waals surface area (Å²) in [6, 6.07) is 27.0. The summed E-state index contributed by atoms with van der Waals surface area (Å²) in [5, 5.41) is 5.53. The number of nitrogens with one attached hydrogen (secondary N) is 1. The molecule has 206 valence electrons. The number of carbonyl (C=O) groups excluding carboxylic acids is 1. The Morgan fingerprint density at radius 1 is 0.725 bits per heavy atom. The number of nitrogens with zero attached hydrogens (tertiary/aromatic N) is 3. The number of piperidine rings is 2. The summed E-state index contributed by atoms with van der Waals surface area (Å²) in [5.74, 6) is 1.71. The summed E-state index contributed by atoms with van der Waals surface area (Å²) >= 11 is 0. The van der Waals surface area contributed by atoms with Gasteiger partial charge in [0.25, 0.3) is 5.91 Å². The van der Waals surface area contributed by atoms with Crippen molar-refractivity contribution < 1.29 is 4.79 Å². The van der Waals surface area contributed by atoms with Gasteiger partial charge in [-0.3, -0.25) is 19.6 Å². The number of amides is 1. The van der Waals surface area contributed by atoms with E-state index < -0.39 is 0 Å². The summed E-state index contributed by atoms with van der Waals surface area (Å²) in [6.07, 6.45) is 9.03. The Bertz CT molecular complexity index is 1400. The smallest absolute Gasteiger partial charge is 0.251 e. The van der Waals surface area contributed by atoms with E-state index in [1.165, 1.54) is 60.7 Å². The first-order valence-electron chi connectivity index (χ1n) is 14.9. The Kier molecular flexibility index (Phi) is 8.50. The molecule has 0 saturated carbocycles. The number of carbonyl (C=O) groups is 1. The molecule has 0 atom stereocenters.